The maximum Gasteiger partial charge on any atom is 0.288 e. The molecule has 0 aromatic heterocycles. The number of hydrogen-bond donors (Lipinski definition) is 2. The molecule has 0 spiro atoms. The first kappa shape index (κ1) is 16.4. The van der Waals surface area contributed by atoms with Gasteiger partial charge in [-0.2, -0.15) is 0 Å². The molecule has 0 saturated carbocycles. The van der Waals surface area contributed by atoms with E-state index in [9.17, 15) is 23.6 Å². The molecule has 2 N–H and O–H groups in total. The molecule has 8 heteroatoms. The molecule has 0 radical (unpaired) electrons. The molecule has 0 amide bonds. The van der Waals surface area contributed by atoms with Crippen molar-refractivity contribution in [3.8, 4) is 0 Å². The van der Waals surface area contributed by atoms with Crippen molar-refractivity contribution in [3.05, 3.63) is 28.3 Å². The van der Waals surface area contributed by atoms with Crippen LogP contribution in [0.3, 0.4) is 0 Å². The zero-order valence-corrected chi connectivity index (χ0v) is 12.4. The summed E-state index contributed by atoms with van der Waals surface area (Å²) < 4.78 is 23.2. The van der Waals surface area contributed by atoms with E-state index in [1.165, 1.54) is 12.1 Å². The van der Waals surface area contributed by atoms with Gasteiger partial charge < -0.3 is 10.4 Å². The zero-order chi connectivity index (χ0) is 15.6. The van der Waals surface area contributed by atoms with E-state index in [2.05, 4.69) is 5.32 Å². The molecular weight excluding hydrogens is 284 g/mol. The molecule has 0 aliphatic heterocycles. The van der Waals surface area contributed by atoms with Gasteiger partial charge in [0.15, 0.2) is 9.84 Å². The number of sulfone groups is 1. The average molecular weight is 302 g/mol. The smallest absolute Gasteiger partial charge is 0.288 e. The molecule has 0 fully saturated rings. The van der Waals surface area contributed by atoms with Gasteiger partial charge in [0.2, 0.25) is 0 Å². The summed E-state index contributed by atoms with van der Waals surface area (Å²) >= 11 is 0. The minimum Gasteiger partial charge on any atom is -0.388 e. The second-order valence-electron chi connectivity index (χ2n) is 4.92. The number of benzene rings is 1. The highest BCUT2D eigenvalue weighted by Crippen LogP contribution is 2.27. The molecule has 0 bridgehead atoms. The summed E-state index contributed by atoms with van der Waals surface area (Å²) in [5.74, 6) is 0. The molecule has 1 atom stereocenters. The Balaban J connectivity index is 3.12. The van der Waals surface area contributed by atoms with Crippen molar-refractivity contribution >= 4 is 21.2 Å². The van der Waals surface area contributed by atoms with E-state index in [-0.39, 0.29) is 11.4 Å². The quantitative estimate of drug-likeness (QED) is 0.609. The number of aliphatic hydroxyl groups is 1. The van der Waals surface area contributed by atoms with Crippen LogP contribution in [0.1, 0.15) is 20.3 Å². The molecule has 1 unspecified atom stereocenters. The van der Waals surface area contributed by atoms with Gasteiger partial charge in [-0.15, -0.1) is 0 Å². The highest BCUT2D eigenvalue weighted by molar-refractivity contribution is 7.90. The Labute approximate surface area is 117 Å². The van der Waals surface area contributed by atoms with Crippen molar-refractivity contribution in [2.24, 2.45) is 0 Å². The Hall–Kier alpha value is -1.67. The van der Waals surface area contributed by atoms with Crippen LogP contribution in [0, 0.1) is 10.1 Å². The van der Waals surface area contributed by atoms with E-state index in [0.717, 1.165) is 12.3 Å². The summed E-state index contributed by atoms with van der Waals surface area (Å²) in [6.45, 7) is 3.67. The summed E-state index contributed by atoms with van der Waals surface area (Å²) in [4.78, 5) is 9.75. The van der Waals surface area contributed by atoms with Gasteiger partial charge in [-0.3, -0.25) is 10.1 Å². The molecule has 112 valence electrons. The van der Waals surface area contributed by atoms with E-state index < -0.39 is 26.0 Å². The minimum atomic E-state index is -3.70. The van der Waals surface area contributed by atoms with Crippen LogP contribution in [0.4, 0.5) is 11.4 Å². The van der Waals surface area contributed by atoms with E-state index in [0.29, 0.717) is 12.1 Å². The lowest BCUT2D eigenvalue weighted by Crippen LogP contribution is -2.32. The van der Waals surface area contributed by atoms with Crippen molar-refractivity contribution in [2.75, 3.05) is 18.1 Å². The van der Waals surface area contributed by atoms with Gasteiger partial charge >= 0.3 is 0 Å². The topological polar surface area (TPSA) is 110 Å². The largest absolute Gasteiger partial charge is 0.388 e. The van der Waals surface area contributed by atoms with Crippen LogP contribution in [-0.4, -0.2) is 36.8 Å². The first-order valence-electron chi connectivity index (χ1n) is 6.01. The van der Waals surface area contributed by atoms with Crippen LogP contribution >= 0.6 is 0 Å². The molecule has 0 aliphatic rings. The van der Waals surface area contributed by atoms with Crippen LogP contribution in [0.2, 0.25) is 0 Å². The number of hydrogen-bond acceptors (Lipinski definition) is 6. The van der Waals surface area contributed by atoms with Crippen LogP contribution in [0.15, 0.2) is 23.1 Å². The Kier molecular flexibility index (Phi) is 4.72. The van der Waals surface area contributed by atoms with Gasteiger partial charge in [0.05, 0.1) is 10.5 Å². The molecule has 0 aliphatic carbocycles. The monoisotopic (exact) mass is 302 g/mol. The van der Waals surface area contributed by atoms with E-state index in [4.69, 9.17) is 0 Å². The molecule has 1 rings (SSSR count). The van der Waals surface area contributed by atoms with Crippen LogP contribution in [-0.2, 0) is 9.84 Å². The predicted molar refractivity (Wildman–Crippen MR) is 75.6 cm³/mol. The van der Waals surface area contributed by atoms with Gasteiger partial charge in [0.1, 0.15) is 4.90 Å². The molecule has 0 saturated heterocycles. The van der Waals surface area contributed by atoms with Gasteiger partial charge in [-0.1, -0.05) is 6.92 Å². The van der Waals surface area contributed by atoms with Gasteiger partial charge in [-0.05, 0) is 25.5 Å². The number of anilines is 1. The third kappa shape index (κ3) is 4.17. The standard InChI is InChI=1S/C12H18N2O5S/c1-4-12(2,15)8-13-9-5-6-10(14(16)17)11(7-9)20(3,18)19/h5-7,13,15H,4,8H2,1-3H3. The lowest BCUT2D eigenvalue weighted by molar-refractivity contribution is -0.387. The summed E-state index contributed by atoms with van der Waals surface area (Å²) in [6, 6.07) is 3.76. The molecular formula is C12H18N2O5S. The maximum absolute atomic E-state index is 11.6. The Morgan fingerprint density at radius 2 is 2.05 bits per heavy atom. The van der Waals surface area contributed by atoms with Crippen molar-refractivity contribution in [1.82, 2.24) is 0 Å². The summed E-state index contributed by atoms with van der Waals surface area (Å²) in [7, 11) is -3.70. The predicted octanol–water partition coefficient (Wildman–Crippen LogP) is 1.57. The van der Waals surface area contributed by atoms with Gasteiger partial charge in [0.25, 0.3) is 5.69 Å². The lowest BCUT2D eigenvalue weighted by Gasteiger charge is -2.22. The third-order valence-corrected chi connectivity index (χ3v) is 4.12. The molecule has 0 heterocycles. The highest BCUT2D eigenvalue weighted by atomic mass is 32.2. The number of rotatable bonds is 6. The van der Waals surface area contributed by atoms with Crippen molar-refractivity contribution in [3.63, 3.8) is 0 Å². The first-order valence-corrected chi connectivity index (χ1v) is 7.91. The van der Waals surface area contributed by atoms with E-state index in [1.54, 1.807) is 6.92 Å². The second kappa shape index (κ2) is 5.76. The Morgan fingerprint density at radius 1 is 1.45 bits per heavy atom. The van der Waals surface area contributed by atoms with Gasteiger partial charge in [0, 0.05) is 24.6 Å². The number of nitro groups is 1. The van der Waals surface area contributed by atoms with E-state index in [1.807, 2.05) is 6.92 Å². The summed E-state index contributed by atoms with van der Waals surface area (Å²) in [5, 5.41) is 23.6. The fourth-order valence-electron chi connectivity index (χ4n) is 1.49. The number of nitro benzene ring substituents is 1. The fourth-order valence-corrected chi connectivity index (χ4v) is 2.35. The number of nitrogens with one attached hydrogen (secondary N) is 1. The number of nitrogens with zero attached hydrogens (tertiary/aromatic N) is 1. The maximum atomic E-state index is 11.6. The molecule has 1 aromatic rings. The zero-order valence-electron chi connectivity index (χ0n) is 11.6. The van der Waals surface area contributed by atoms with Crippen LogP contribution in [0.25, 0.3) is 0 Å². The average Bonchev–Trinajstić information content (AvgIpc) is 2.35. The molecule has 20 heavy (non-hydrogen) atoms. The first-order chi connectivity index (χ1) is 9.07. The third-order valence-electron chi connectivity index (χ3n) is 2.99. The highest BCUT2D eigenvalue weighted by Gasteiger charge is 2.23. The molecule has 7 nitrogen and oxygen atoms in total. The second-order valence-corrected chi connectivity index (χ2v) is 6.90. The Bertz CT molecular complexity index is 610. The van der Waals surface area contributed by atoms with Crippen LogP contribution in [0.5, 0.6) is 0 Å². The van der Waals surface area contributed by atoms with Crippen molar-refractivity contribution < 1.29 is 18.4 Å². The van der Waals surface area contributed by atoms with Crippen molar-refractivity contribution in [1.29, 1.82) is 0 Å². The van der Waals surface area contributed by atoms with E-state index >= 15 is 0 Å². The summed E-state index contributed by atoms with van der Waals surface area (Å²) in [6.07, 6.45) is 1.44. The molecule has 1 aromatic carbocycles. The SMILES string of the molecule is CCC(C)(O)CNc1ccc([N+](=O)[O-])c(S(C)(=O)=O)c1. The minimum absolute atomic E-state index is 0.213. The van der Waals surface area contributed by atoms with Crippen molar-refractivity contribution in [2.45, 2.75) is 30.8 Å². The normalized spacial score (nSPS) is 14.6. The fraction of sp³-hybridized carbons (Fsp3) is 0.500. The summed E-state index contributed by atoms with van der Waals surface area (Å²) in [5.41, 5.74) is -0.988. The lowest BCUT2D eigenvalue weighted by atomic mass is 10.0. The van der Waals surface area contributed by atoms with Crippen LogP contribution < -0.4 is 5.32 Å². The van der Waals surface area contributed by atoms with Gasteiger partial charge in [-0.25, -0.2) is 8.42 Å². The Morgan fingerprint density at radius 3 is 2.50 bits per heavy atom.